The molecule has 0 aromatic heterocycles. The van der Waals surface area contributed by atoms with Gasteiger partial charge in [0.15, 0.2) is 0 Å². The van der Waals surface area contributed by atoms with Crippen molar-refractivity contribution >= 4 is 5.97 Å². The quantitative estimate of drug-likeness (QED) is 0.683. The largest absolute Gasteiger partial charge is 0.455 e. The van der Waals surface area contributed by atoms with Crippen LogP contribution in [0.4, 0.5) is 0 Å². The molecule has 3 heteroatoms. The van der Waals surface area contributed by atoms with E-state index < -0.39 is 0 Å². The number of carbonyl (C=O) groups excluding carboxylic acids is 1. The third-order valence-corrected chi connectivity index (χ3v) is 4.81. The average Bonchev–Trinajstić information content (AvgIpc) is 2.55. The van der Waals surface area contributed by atoms with E-state index in [-0.39, 0.29) is 23.5 Å². The molecule has 0 aliphatic heterocycles. The maximum atomic E-state index is 12.8. The molecule has 1 rings (SSSR count). The van der Waals surface area contributed by atoms with Crippen molar-refractivity contribution in [2.24, 2.45) is 5.41 Å². The Kier molecular flexibility index (Phi) is 7.60. The topological polar surface area (TPSA) is 38.3 Å². The highest BCUT2D eigenvalue weighted by Gasteiger charge is 2.37. The molecule has 1 aromatic rings. The lowest BCUT2D eigenvalue weighted by molar-refractivity contribution is -0.164. The molecule has 2 unspecified atom stereocenters. The van der Waals surface area contributed by atoms with Gasteiger partial charge in [-0.1, -0.05) is 58.0 Å². The van der Waals surface area contributed by atoms with Gasteiger partial charge in [-0.25, -0.2) is 0 Å². The number of hydrogen-bond acceptors (Lipinski definition) is 3. The second kappa shape index (κ2) is 8.94. The van der Waals surface area contributed by atoms with Crippen LogP contribution in [0.3, 0.4) is 0 Å². The van der Waals surface area contributed by atoms with Gasteiger partial charge < -0.3 is 10.1 Å². The standard InChI is InChI=1S/C19H31NO2/c1-6-19(7-2,8-3)18(21)22-17(15(5)20-9-4)16-13-11-10-12-14-16/h10-15,17,20H,6-9H2,1-5H3. The molecule has 3 nitrogen and oxygen atoms in total. The fraction of sp³-hybridized carbons (Fsp3) is 0.632. The Morgan fingerprint density at radius 2 is 1.64 bits per heavy atom. The Labute approximate surface area is 135 Å². The smallest absolute Gasteiger partial charge is 0.312 e. The van der Waals surface area contributed by atoms with Crippen molar-refractivity contribution in [3.8, 4) is 0 Å². The third-order valence-electron chi connectivity index (χ3n) is 4.81. The minimum absolute atomic E-state index is 0.0707. The van der Waals surface area contributed by atoms with Crippen LogP contribution in [-0.2, 0) is 9.53 Å². The lowest BCUT2D eigenvalue weighted by Crippen LogP contribution is -2.38. The van der Waals surface area contributed by atoms with Crippen molar-refractivity contribution in [2.45, 2.75) is 66.0 Å². The maximum Gasteiger partial charge on any atom is 0.312 e. The molecule has 0 aliphatic carbocycles. The summed E-state index contributed by atoms with van der Waals surface area (Å²) in [6, 6.07) is 10.1. The van der Waals surface area contributed by atoms with Crippen LogP contribution in [0.5, 0.6) is 0 Å². The van der Waals surface area contributed by atoms with E-state index in [1.54, 1.807) is 0 Å². The van der Waals surface area contributed by atoms with Crippen LogP contribution in [0.1, 0.15) is 65.5 Å². The highest BCUT2D eigenvalue weighted by Crippen LogP contribution is 2.34. The molecule has 1 N–H and O–H groups in total. The lowest BCUT2D eigenvalue weighted by Gasteiger charge is -2.32. The summed E-state index contributed by atoms with van der Waals surface area (Å²) in [5.74, 6) is -0.0707. The number of rotatable bonds is 9. The van der Waals surface area contributed by atoms with Gasteiger partial charge in [0, 0.05) is 6.04 Å². The van der Waals surface area contributed by atoms with Gasteiger partial charge in [0.05, 0.1) is 5.41 Å². The third kappa shape index (κ3) is 4.33. The van der Waals surface area contributed by atoms with Gasteiger partial charge in [-0.15, -0.1) is 0 Å². The number of benzene rings is 1. The van der Waals surface area contributed by atoms with Crippen LogP contribution >= 0.6 is 0 Å². The fourth-order valence-electron chi connectivity index (χ4n) is 2.95. The highest BCUT2D eigenvalue weighted by molar-refractivity contribution is 5.77. The van der Waals surface area contributed by atoms with Crippen LogP contribution in [0.25, 0.3) is 0 Å². The first-order valence-corrected chi connectivity index (χ1v) is 8.54. The molecule has 22 heavy (non-hydrogen) atoms. The van der Waals surface area contributed by atoms with Crippen molar-refractivity contribution in [1.82, 2.24) is 5.32 Å². The van der Waals surface area contributed by atoms with Crippen LogP contribution in [0.2, 0.25) is 0 Å². The van der Waals surface area contributed by atoms with E-state index in [1.165, 1.54) is 0 Å². The SMILES string of the molecule is CCNC(C)C(OC(=O)C(CC)(CC)CC)c1ccccc1. The molecular weight excluding hydrogens is 274 g/mol. The predicted octanol–water partition coefficient (Wildman–Crippen LogP) is 4.49. The van der Waals surface area contributed by atoms with Gasteiger partial charge in [-0.3, -0.25) is 4.79 Å². The summed E-state index contributed by atoms with van der Waals surface area (Å²) in [7, 11) is 0. The molecule has 0 amide bonds. The zero-order valence-electron chi connectivity index (χ0n) is 14.7. The maximum absolute atomic E-state index is 12.8. The first kappa shape index (κ1) is 18.7. The summed E-state index contributed by atoms with van der Waals surface area (Å²) in [6.45, 7) is 11.2. The zero-order chi connectivity index (χ0) is 16.6. The van der Waals surface area contributed by atoms with Crippen molar-refractivity contribution in [1.29, 1.82) is 0 Å². The second-order valence-corrected chi connectivity index (χ2v) is 5.92. The van der Waals surface area contributed by atoms with Gasteiger partial charge in [0.1, 0.15) is 6.10 Å². The van der Waals surface area contributed by atoms with E-state index in [4.69, 9.17) is 4.74 Å². The number of likely N-dealkylation sites (N-methyl/N-ethyl adjacent to an activating group) is 1. The first-order chi connectivity index (χ1) is 10.5. The number of hydrogen-bond donors (Lipinski definition) is 1. The summed E-state index contributed by atoms with van der Waals surface area (Å²) in [5, 5.41) is 3.38. The second-order valence-electron chi connectivity index (χ2n) is 5.92. The highest BCUT2D eigenvalue weighted by atomic mass is 16.5. The van der Waals surface area contributed by atoms with E-state index >= 15 is 0 Å². The monoisotopic (exact) mass is 305 g/mol. The lowest BCUT2D eigenvalue weighted by atomic mass is 9.80. The average molecular weight is 305 g/mol. The van der Waals surface area contributed by atoms with Crippen molar-refractivity contribution in [3.05, 3.63) is 35.9 Å². The molecular formula is C19H31NO2. The van der Waals surface area contributed by atoms with Gasteiger partial charge in [-0.05, 0) is 38.3 Å². The van der Waals surface area contributed by atoms with E-state index in [1.807, 2.05) is 30.3 Å². The van der Waals surface area contributed by atoms with Gasteiger partial charge in [0.25, 0.3) is 0 Å². The number of carbonyl (C=O) groups is 1. The summed E-state index contributed by atoms with van der Waals surface area (Å²) < 4.78 is 5.99. The van der Waals surface area contributed by atoms with E-state index in [9.17, 15) is 4.79 Å². The van der Waals surface area contributed by atoms with Crippen LogP contribution < -0.4 is 5.32 Å². The Hall–Kier alpha value is -1.35. The summed E-state index contributed by atoms with van der Waals surface area (Å²) in [6.07, 6.45) is 2.19. The van der Waals surface area contributed by atoms with Crippen molar-refractivity contribution < 1.29 is 9.53 Å². The van der Waals surface area contributed by atoms with Gasteiger partial charge in [-0.2, -0.15) is 0 Å². The minimum Gasteiger partial charge on any atom is -0.455 e. The Balaban J connectivity index is 3.01. The number of esters is 1. The zero-order valence-corrected chi connectivity index (χ0v) is 14.7. The molecule has 0 spiro atoms. The van der Waals surface area contributed by atoms with E-state index in [0.29, 0.717) is 0 Å². The molecule has 0 saturated carbocycles. The number of ether oxygens (including phenoxy) is 1. The molecule has 0 fully saturated rings. The van der Waals surface area contributed by atoms with Crippen molar-refractivity contribution in [2.75, 3.05) is 6.54 Å². The van der Waals surface area contributed by atoms with Crippen LogP contribution in [0, 0.1) is 5.41 Å². The molecule has 0 bridgehead atoms. The summed E-state index contributed by atoms with van der Waals surface area (Å²) in [5.41, 5.74) is 0.681. The Morgan fingerprint density at radius 1 is 1.09 bits per heavy atom. The Morgan fingerprint density at radius 3 is 2.09 bits per heavy atom. The van der Waals surface area contributed by atoms with Gasteiger partial charge >= 0.3 is 5.97 Å². The minimum atomic E-state index is -0.362. The predicted molar refractivity (Wildman–Crippen MR) is 91.7 cm³/mol. The first-order valence-electron chi connectivity index (χ1n) is 8.54. The normalized spacial score (nSPS) is 14.4. The fourth-order valence-corrected chi connectivity index (χ4v) is 2.95. The molecule has 2 atom stereocenters. The van der Waals surface area contributed by atoms with Crippen molar-refractivity contribution in [3.63, 3.8) is 0 Å². The van der Waals surface area contributed by atoms with Crippen LogP contribution in [-0.4, -0.2) is 18.6 Å². The molecule has 0 aliphatic rings. The molecule has 0 heterocycles. The summed E-state index contributed by atoms with van der Waals surface area (Å²) in [4.78, 5) is 12.8. The number of nitrogens with one attached hydrogen (secondary N) is 1. The van der Waals surface area contributed by atoms with E-state index in [0.717, 1.165) is 31.4 Å². The Bertz CT molecular complexity index is 432. The molecule has 0 saturated heterocycles. The van der Waals surface area contributed by atoms with E-state index in [2.05, 4.69) is 39.9 Å². The van der Waals surface area contributed by atoms with Gasteiger partial charge in [0.2, 0.25) is 0 Å². The summed E-state index contributed by atoms with van der Waals surface area (Å²) >= 11 is 0. The van der Waals surface area contributed by atoms with Crippen LogP contribution in [0.15, 0.2) is 30.3 Å². The molecule has 124 valence electrons. The molecule has 0 radical (unpaired) electrons. The molecule has 1 aromatic carbocycles.